The average molecular weight is 229 g/mol. The molecule has 0 unspecified atom stereocenters. The molecule has 2 saturated heterocycles. The summed E-state index contributed by atoms with van der Waals surface area (Å²) in [5.74, 6) is 1.47. The number of thioether (sulfide) groups is 1. The number of nitrogens with zero attached hydrogens (tertiary/aromatic N) is 1. The van der Waals surface area contributed by atoms with Crippen LogP contribution < -0.4 is 11.1 Å². The summed E-state index contributed by atoms with van der Waals surface area (Å²) in [6, 6.07) is -0.339. The minimum absolute atomic E-state index is 0.102. The molecular weight excluding hydrogens is 210 g/mol. The van der Waals surface area contributed by atoms with Crippen LogP contribution >= 0.6 is 11.8 Å². The van der Waals surface area contributed by atoms with E-state index in [2.05, 4.69) is 5.32 Å². The Labute approximate surface area is 94.9 Å². The Morgan fingerprint density at radius 3 is 2.67 bits per heavy atom. The van der Waals surface area contributed by atoms with Gasteiger partial charge in [0.25, 0.3) is 0 Å². The second kappa shape index (κ2) is 3.96. The number of hydrogen-bond donors (Lipinski definition) is 2. The van der Waals surface area contributed by atoms with Crippen LogP contribution in [0.1, 0.15) is 13.8 Å². The minimum atomic E-state index is -0.339. The van der Waals surface area contributed by atoms with Crippen LogP contribution in [0.2, 0.25) is 0 Å². The fourth-order valence-corrected chi connectivity index (χ4v) is 3.29. The molecule has 2 fully saturated rings. The molecule has 5 heteroatoms. The molecule has 86 valence electrons. The Bertz CT molecular complexity index is 255. The quantitative estimate of drug-likeness (QED) is 0.691. The number of likely N-dealkylation sites (tertiary alicyclic amines) is 1. The highest BCUT2D eigenvalue weighted by Crippen LogP contribution is 2.36. The van der Waals surface area contributed by atoms with Crippen molar-refractivity contribution >= 4 is 17.7 Å². The van der Waals surface area contributed by atoms with Gasteiger partial charge in [0.15, 0.2) is 0 Å². The second-order valence-corrected chi connectivity index (χ2v) is 6.21. The van der Waals surface area contributed by atoms with Gasteiger partial charge in [-0.15, -0.1) is 11.8 Å². The molecule has 1 amide bonds. The first-order valence-corrected chi connectivity index (χ1v) is 6.46. The zero-order chi connectivity index (χ0) is 11.1. The van der Waals surface area contributed by atoms with Crippen molar-refractivity contribution in [1.82, 2.24) is 10.2 Å². The minimum Gasteiger partial charge on any atom is -0.336 e. The largest absolute Gasteiger partial charge is 0.336 e. The summed E-state index contributed by atoms with van der Waals surface area (Å²) >= 11 is 1.93. The molecule has 2 rings (SSSR count). The van der Waals surface area contributed by atoms with Crippen molar-refractivity contribution in [3.8, 4) is 0 Å². The molecule has 1 atom stereocenters. The maximum Gasteiger partial charge on any atom is 0.239 e. The maximum atomic E-state index is 11.9. The number of rotatable bonds is 2. The third-order valence-electron chi connectivity index (χ3n) is 3.14. The Kier molecular flexibility index (Phi) is 2.96. The van der Waals surface area contributed by atoms with Gasteiger partial charge in [-0.25, -0.2) is 0 Å². The van der Waals surface area contributed by atoms with Crippen LogP contribution in [0.25, 0.3) is 0 Å². The van der Waals surface area contributed by atoms with E-state index < -0.39 is 0 Å². The van der Waals surface area contributed by atoms with Crippen LogP contribution in [0.4, 0.5) is 0 Å². The molecule has 0 bridgehead atoms. The average Bonchev–Trinajstić information content (AvgIpc) is 2.61. The lowest BCUT2D eigenvalue weighted by Gasteiger charge is -2.48. The number of carbonyl (C=O) groups excluding carboxylic acids is 1. The van der Waals surface area contributed by atoms with E-state index in [4.69, 9.17) is 5.73 Å². The van der Waals surface area contributed by atoms with E-state index in [1.807, 2.05) is 30.5 Å². The third-order valence-corrected chi connectivity index (χ3v) is 4.50. The fourth-order valence-electron chi connectivity index (χ4n) is 2.00. The lowest BCUT2D eigenvalue weighted by molar-refractivity contribution is -0.139. The lowest BCUT2D eigenvalue weighted by Crippen LogP contribution is -2.68. The topological polar surface area (TPSA) is 58.4 Å². The van der Waals surface area contributed by atoms with Gasteiger partial charge in [-0.3, -0.25) is 10.1 Å². The lowest BCUT2D eigenvalue weighted by atomic mass is 10.0. The summed E-state index contributed by atoms with van der Waals surface area (Å²) < 4.78 is 0. The van der Waals surface area contributed by atoms with Gasteiger partial charge < -0.3 is 10.6 Å². The normalized spacial score (nSPS) is 25.7. The molecule has 0 aromatic heterocycles. The Hall–Kier alpha value is -0.260. The van der Waals surface area contributed by atoms with Gasteiger partial charge >= 0.3 is 0 Å². The first-order valence-electron chi connectivity index (χ1n) is 5.47. The fraction of sp³-hybridized carbons (Fsp3) is 0.900. The smallest absolute Gasteiger partial charge is 0.239 e. The second-order valence-electron chi connectivity index (χ2n) is 4.73. The molecule has 1 spiro atoms. The van der Waals surface area contributed by atoms with E-state index in [9.17, 15) is 4.79 Å². The first kappa shape index (κ1) is 11.2. The van der Waals surface area contributed by atoms with Gasteiger partial charge in [0.05, 0.1) is 19.1 Å². The third kappa shape index (κ3) is 2.00. The Balaban J connectivity index is 1.86. The summed E-state index contributed by atoms with van der Waals surface area (Å²) in [4.78, 5) is 13.9. The van der Waals surface area contributed by atoms with Crippen LogP contribution in [0, 0.1) is 5.92 Å². The molecule has 15 heavy (non-hydrogen) atoms. The summed E-state index contributed by atoms with van der Waals surface area (Å²) in [5, 5.41) is 3.45. The molecule has 0 radical (unpaired) electrons. The number of amides is 1. The molecular formula is C10H19N3OS. The molecule has 0 saturated carbocycles. The summed E-state index contributed by atoms with van der Waals surface area (Å²) in [6.45, 7) is 6.66. The molecule has 0 aromatic rings. The number of hydrogen-bond acceptors (Lipinski definition) is 4. The van der Waals surface area contributed by atoms with Gasteiger partial charge in [-0.2, -0.15) is 0 Å². The molecule has 2 aliphatic rings. The molecule has 0 aromatic carbocycles. The zero-order valence-electron chi connectivity index (χ0n) is 9.32. The predicted octanol–water partition coefficient (Wildman–Crippen LogP) is -0.155. The highest BCUT2D eigenvalue weighted by Gasteiger charge is 2.48. The molecule has 3 N–H and O–H groups in total. The van der Waals surface area contributed by atoms with Crippen LogP contribution in [-0.2, 0) is 4.79 Å². The molecule has 2 aliphatic heterocycles. The van der Waals surface area contributed by atoms with E-state index in [0.29, 0.717) is 0 Å². The number of carbonyl (C=O) groups is 1. The van der Waals surface area contributed by atoms with Crippen LogP contribution in [0.3, 0.4) is 0 Å². The summed E-state index contributed by atoms with van der Waals surface area (Å²) in [6.07, 6.45) is 0. The highest BCUT2D eigenvalue weighted by atomic mass is 32.2. The SMILES string of the molecule is CC(C)[C@@H](N)C(=O)N1CC2(C1)NCCS2. The van der Waals surface area contributed by atoms with Crippen molar-refractivity contribution < 1.29 is 4.79 Å². The highest BCUT2D eigenvalue weighted by molar-refractivity contribution is 8.01. The van der Waals surface area contributed by atoms with E-state index >= 15 is 0 Å². The van der Waals surface area contributed by atoms with Gasteiger partial charge in [0.1, 0.15) is 4.87 Å². The number of nitrogens with two attached hydrogens (primary N) is 1. The van der Waals surface area contributed by atoms with Gasteiger partial charge in [0, 0.05) is 12.3 Å². The van der Waals surface area contributed by atoms with Crippen molar-refractivity contribution in [3.63, 3.8) is 0 Å². The summed E-state index contributed by atoms with van der Waals surface area (Å²) in [5.41, 5.74) is 5.84. The van der Waals surface area contributed by atoms with Crippen molar-refractivity contribution in [1.29, 1.82) is 0 Å². The van der Waals surface area contributed by atoms with Gasteiger partial charge in [0.2, 0.25) is 5.91 Å². The van der Waals surface area contributed by atoms with Crippen molar-refractivity contribution in [2.24, 2.45) is 11.7 Å². The maximum absolute atomic E-state index is 11.9. The van der Waals surface area contributed by atoms with Crippen molar-refractivity contribution in [2.75, 3.05) is 25.4 Å². The van der Waals surface area contributed by atoms with Crippen LogP contribution in [-0.4, -0.2) is 47.1 Å². The number of nitrogens with one attached hydrogen (secondary N) is 1. The van der Waals surface area contributed by atoms with Crippen molar-refractivity contribution in [2.45, 2.75) is 24.8 Å². The van der Waals surface area contributed by atoms with Gasteiger partial charge in [-0.05, 0) is 5.92 Å². The summed E-state index contributed by atoms with van der Waals surface area (Å²) in [7, 11) is 0. The molecule has 0 aliphatic carbocycles. The van der Waals surface area contributed by atoms with E-state index in [0.717, 1.165) is 25.4 Å². The monoisotopic (exact) mass is 229 g/mol. The first-order chi connectivity index (χ1) is 7.04. The van der Waals surface area contributed by atoms with Crippen LogP contribution in [0.5, 0.6) is 0 Å². The molecule has 2 heterocycles. The molecule has 4 nitrogen and oxygen atoms in total. The Morgan fingerprint density at radius 2 is 2.20 bits per heavy atom. The van der Waals surface area contributed by atoms with E-state index in [1.54, 1.807) is 0 Å². The zero-order valence-corrected chi connectivity index (χ0v) is 10.1. The van der Waals surface area contributed by atoms with E-state index in [1.165, 1.54) is 0 Å². The van der Waals surface area contributed by atoms with E-state index in [-0.39, 0.29) is 22.7 Å². The standard InChI is InChI=1S/C10H19N3OS/c1-7(2)8(11)9(14)13-5-10(6-13)12-3-4-15-10/h7-8,12H,3-6,11H2,1-2H3/t8-/m1/s1. The predicted molar refractivity (Wildman–Crippen MR) is 62.6 cm³/mol. The van der Waals surface area contributed by atoms with Gasteiger partial charge in [-0.1, -0.05) is 13.8 Å². The van der Waals surface area contributed by atoms with Crippen molar-refractivity contribution in [3.05, 3.63) is 0 Å². The Morgan fingerprint density at radius 1 is 1.53 bits per heavy atom. The van der Waals surface area contributed by atoms with Crippen LogP contribution in [0.15, 0.2) is 0 Å².